The summed E-state index contributed by atoms with van der Waals surface area (Å²) in [6.07, 6.45) is 1.86. The fourth-order valence-electron chi connectivity index (χ4n) is 4.10. The molecule has 0 amide bonds. The molecule has 0 bridgehead atoms. The van der Waals surface area contributed by atoms with E-state index < -0.39 is 12.0 Å². The van der Waals surface area contributed by atoms with Gasteiger partial charge in [-0.05, 0) is 50.6 Å². The number of hydrogen-bond donors (Lipinski definition) is 0. The summed E-state index contributed by atoms with van der Waals surface area (Å²) in [5.41, 5.74) is 3.36. The maximum atomic E-state index is 13.7. The zero-order valence-corrected chi connectivity index (χ0v) is 21.4. The molecule has 7 nitrogen and oxygen atoms in total. The normalized spacial score (nSPS) is 15.5. The second-order valence-electron chi connectivity index (χ2n) is 8.26. The third-order valence-corrected chi connectivity index (χ3v) is 6.72. The molecule has 8 heteroatoms. The fourth-order valence-corrected chi connectivity index (χ4v) is 5.15. The Morgan fingerprint density at radius 2 is 1.83 bits per heavy atom. The topological polar surface area (TPSA) is 73.1 Å². The zero-order chi connectivity index (χ0) is 25.1. The number of carbonyl (C=O) groups excluding carboxylic acids is 1. The van der Waals surface area contributed by atoms with Crippen LogP contribution in [0.15, 0.2) is 69.6 Å². The summed E-state index contributed by atoms with van der Waals surface area (Å²) < 4.78 is 13.4. The predicted octanol–water partition coefficient (Wildman–Crippen LogP) is 3.26. The first-order valence-electron chi connectivity index (χ1n) is 11.5. The van der Waals surface area contributed by atoms with Gasteiger partial charge in [-0.3, -0.25) is 9.36 Å². The minimum absolute atomic E-state index is 0.212. The molecule has 182 valence electrons. The molecule has 1 aliphatic heterocycles. The van der Waals surface area contributed by atoms with E-state index in [1.54, 1.807) is 18.4 Å². The largest absolute Gasteiger partial charge is 0.494 e. The van der Waals surface area contributed by atoms with Gasteiger partial charge in [-0.1, -0.05) is 41.7 Å². The Balaban J connectivity index is 1.93. The molecule has 35 heavy (non-hydrogen) atoms. The molecule has 0 saturated heterocycles. The van der Waals surface area contributed by atoms with E-state index in [2.05, 4.69) is 4.99 Å². The standard InChI is InChI=1S/C27H29N3O4S/c1-6-33-21-11-9-8-10-20(21)24-23(26(32)34-7-2)17(3)28-27-30(24)25(31)22(35-27)16-18-12-14-19(15-13-18)29(4)5/h8-16,24H,6-7H2,1-5H3/b22-16-. The molecule has 0 N–H and O–H groups in total. The van der Waals surface area contributed by atoms with E-state index in [0.717, 1.165) is 16.8 Å². The second-order valence-corrected chi connectivity index (χ2v) is 9.27. The number of thiazole rings is 1. The molecule has 2 heterocycles. The molecule has 1 unspecified atom stereocenters. The van der Waals surface area contributed by atoms with Crippen molar-refractivity contribution in [2.45, 2.75) is 26.8 Å². The molecule has 1 atom stereocenters. The number of hydrogen-bond acceptors (Lipinski definition) is 7. The van der Waals surface area contributed by atoms with Gasteiger partial charge < -0.3 is 14.4 Å². The lowest BCUT2D eigenvalue weighted by atomic mass is 9.95. The van der Waals surface area contributed by atoms with Crippen LogP contribution in [-0.4, -0.2) is 37.8 Å². The van der Waals surface area contributed by atoms with Crippen molar-refractivity contribution in [1.29, 1.82) is 0 Å². The van der Waals surface area contributed by atoms with Crippen LogP contribution in [0.3, 0.4) is 0 Å². The van der Waals surface area contributed by atoms with Crippen LogP contribution < -0.4 is 24.5 Å². The van der Waals surface area contributed by atoms with Gasteiger partial charge in [0, 0.05) is 25.3 Å². The van der Waals surface area contributed by atoms with Crippen LogP contribution in [0, 0.1) is 0 Å². The van der Waals surface area contributed by atoms with Crippen molar-refractivity contribution in [1.82, 2.24) is 4.57 Å². The molecule has 2 aromatic carbocycles. The lowest BCUT2D eigenvalue weighted by Gasteiger charge is -2.26. The van der Waals surface area contributed by atoms with E-state index in [-0.39, 0.29) is 12.2 Å². The Morgan fingerprint density at radius 3 is 2.49 bits per heavy atom. The third kappa shape index (κ3) is 4.79. The van der Waals surface area contributed by atoms with Crippen LogP contribution in [0.25, 0.3) is 6.08 Å². The number of esters is 1. The quantitative estimate of drug-likeness (QED) is 0.475. The third-order valence-electron chi connectivity index (χ3n) is 5.74. The first-order valence-corrected chi connectivity index (χ1v) is 12.4. The number of para-hydroxylation sites is 1. The Bertz CT molecular complexity index is 1450. The molecular weight excluding hydrogens is 462 g/mol. The first-order chi connectivity index (χ1) is 16.8. The highest BCUT2D eigenvalue weighted by Crippen LogP contribution is 2.35. The highest BCUT2D eigenvalue weighted by Gasteiger charge is 2.35. The van der Waals surface area contributed by atoms with Crippen LogP contribution in [0.5, 0.6) is 5.75 Å². The summed E-state index contributed by atoms with van der Waals surface area (Å²) in [6.45, 7) is 6.12. The van der Waals surface area contributed by atoms with Gasteiger partial charge in [-0.25, -0.2) is 9.79 Å². The first kappa shape index (κ1) is 24.5. The van der Waals surface area contributed by atoms with Crippen molar-refractivity contribution < 1.29 is 14.3 Å². The summed E-state index contributed by atoms with van der Waals surface area (Å²) >= 11 is 1.31. The average Bonchev–Trinajstić information content (AvgIpc) is 3.13. The van der Waals surface area contributed by atoms with Crippen LogP contribution in [0.1, 0.15) is 37.9 Å². The summed E-state index contributed by atoms with van der Waals surface area (Å²) in [7, 11) is 3.97. The number of rotatable bonds is 7. The predicted molar refractivity (Wildman–Crippen MR) is 139 cm³/mol. The van der Waals surface area contributed by atoms with Gasteiger partial charge in [0.25, 0.3) is 5.56 Å². The maximum Gasteiger partial charge on any atom is 0.338 e. The highest BCUT2D eigenvalue weighted by molar-refractivity contribution is 7.07. The molecule has 0 aliphatic carbocycles. The van der Waals surface area contributed by atoms with Crippen molar-refractivity contribution >= 4 is 29.1 Å². The lowest BCUT2D eigenvalue weighted by molar-refractivity contribution is -0.139. The minimum atomic E-state index is -0.702. The molecule has 3 aromatic rings. The monoisotopic (exact) mass is 491 g/mol. The van der Waals surface area contributed by atoms with Crippen molar-refractivity contribution in [3.63, 3.8) is 0 Å². The number of carbonyl (C=O) groups is 1. The number of anilines is 1. The average molecular weight is 492 g/mol. The summed E-state index contributed by atoms with van der Waals surface area (Å²) in [5, 5.41) is 0. The molecule has 1 aromatic heterocycles. The smallest absolute Gasteiger partial charge is 0.338 e. The van der Waals surface area contributed by atoms with Gasteiger partial charge in [-0.15, -0.1) is 0 Å². The Hall–Kier alpha value is -3.65. The Morgan fingerprint density at radius 1 is 1.11 bits per heavy atom. The minimum Gasteiger partial charge on any atom is -0.494 e. The van der Waals surface area contributed by atoms with E-state index in [1.165, 1.54) is 11.3 Å². The summed E-state index contributed by atoms with van der Waals surface area (Å²) in [6, 6.07) is 14.7. The molecule has 1 aliphatic rings. The van der Waals surface area contributed by atoms with Crippen molar-refractivity contribution in [3.05, 3.63) is 90.6 Å². The van der Waals surface area contributed by atoms with Crippen molar-refractivity contribution in [3.8, 4) is 5.75 Å². The van der Waals surface area contributed by atoms with E-state index >= 15 is 0 Å². The zero-order valence-electron chi connectivity index (χ0n) is 20.6. The van der Waals surface area contributed by atoms with Gasteiger partial charge in [0.2, 0.25) is 0 Å². The van der Waals surface area contributed by atoms with E-state index in [1.807, 2.05) is 80.5 Å². The van der Waals surface area contributed by atoms with Crippen LogP contribution in [0.2, 0.25) is 0 Å². The molecule has 0 saturated carbocycles. The second kappa shape index (κ2) is 10.3. The highest BCUT2D eigenvalue weighted by atomic mass is 32.1. The molecular formula is C27H29N3O4S. The van der Waals surface area contributed by atoms with Gasteiger partial charge in [0.05, 0.1) is 29.0 Å². The van der Waals surface area contributed by atoms with Gasteiger partial charge in [0.15, 0.2) is 4.80 Å². The Labute approximate surface area is 208 Å². The number of benzene rings is 2. The van der Waals surface area contributed by atoms with Crippen LogP contribution in [0.4, 0.5) is 5.69 Å². The number of ether oxygens (including phenoxy) is 2. The summed E-state index contributed by atoms with van der Waals surface area (Å²) in [4.78, 5) is 34.0. The Kier molecular flexibility index (Phi) is 7.21. The number of fused-ring (bicyclic) bond motifs is 1. The van der Waals surface area contributed by atoms with Gasteiger partial charge >= 0.3 is 5.97 Å². The molecule has 0 fully saturated rings. The number of aromatic nitrogens is 1. The number of allylic oxidation sites excluding steroid dienone is 1. The SMILES string of the molecule is CCOC(=O)C1=C(C)N=c2s/c(=C\c3ccc(N(C)C)cc3)c(=O)n2C1c1ccccc1OCC. The molecule has 4 rings (SSSR count). The van der Waals surface area contributed by atoms with E-state index in [4.69, 9.17) is 9.47 Å². The van der Waals surface area contributed by atoms with Gasteiger partial charge in [0.1, 0.15) is 11.8 Å². The maximum absolute atomic E-state index is 13.7. The van der Waals surface area contributed by atoms with Crippen molar-refractivity contribution in [2.24, 2.45) is 4.99 Å². The number of nitrogens with zero attached hydrogens (tertiary/aromatic N) is 3. The van der Waals surface area contributed by atoms with Crippen LogP contribution in [-0.2, 0) is 9.53 Å². The summed E-state index contributed by atoms with van der Waals surface area (Å²) in [5.74, 6) is 0.129. The molecule has 0 spiro atoms. The van der Waals surface area contributed by atoms with Crippen molar-refractivity contribution in [2.75, 3.05) is 32.2 Å². The molecule has 0 radical (unpaired) electrons. The lowest BCUT2D eigenvalue weighted by Crippen LogP contribution is -2.40. The van der Waals surface area contributed by atoms with E-state index in [9.17, 15) is 9.59 Å². The fraction of sp³-hybridized carbons (Fsp3) is 0.296. The van der Waals surface area contributed by atoms with E-state index in [0.29, 0.717) is 33.0 Å². The van der Waals surface area contributed by atoms with Gasteiger partial charge in [-0.2, -0.15) is 0 Å². The van der Waals surface area contributed by atoms with Crippen LogP contribution >= 0.6 is 11.3 Å².